The Labute approximate surface area is 135 Å². The Morgan fingerprint density at radius 3 is 3.00 bits per heavy atom. The first-order valence-electron chi connectivity index (χ1n) is 6.94. The molecule has 116 valence electrons. The first-order chi connectivity index (χ1) is 10.5. The molecule has 0 bridgehead atoms. The number of hydrogen-bond acceptors (Lipinski definition) is 3. The molecule has 22 heavy (non-hydrogen) atoms. The molecule has 1 amide bonds. The molecule has 1 aliphatic rings. The fraction of sp³-hybridized carbons (Fsp3) is 0.333. The van der Waals surface area contributed by atoms with Gasteiger partial charge < -0.3 is 19.7 Å². The zero-order valence-electron chi connectivity index (χ0n) is 11.7. The summed E-state index contributed by atoms with van der Waals surface area (Å²) in [6, 6.07) is 7.58. The van der Waals surface area contributed by atoms with E-state index in [4.69, 9.17) is 9.84 Å². The van der Waals surface area contributed by atoms with Gasteiger partial charge in [0.2, 0.25) is 0 Å². The number of hydrogen-bond donors (Lipinski definition) is 2. The molecule has 1 aliphatic heterocycles. The van der Waals surface area contributed by atoms with Crippen LogP contribution in [-0.4, -0.2) is 52.7 Å². The highest BCUT2D eigenvalue weighted by Gasteiger charge is 2.27. The van der Waals surface area contributed by atoms with Crippen LogP contribution in [0.15, 0.2) is 28.7 Å². The van der Waals surface area contributed by atoms with Crippen molar-refractivity contribution in [1.82, 2.24) is 9.88 Å². The number of carbonyl (C=O) groups excluding carboxylic acids is 1. The molecule has 7 heteroatoms. The van der Waals surface area contributed by atoms with Gasteiger partial charge in [0.1, 0.15) is 5.69 Å². The topological polar surface area (TPSA) is 82.6 Å². The molecule has 3 rings (SSSR count). The molecule has 1 aromatic heterocycles. The molecular formula is C15H15BrN2O4. The number of benzene rings is 1. The average Bonchev–Trinajstić information content (AvgIpc) is 2.89. The Balaban J connectivity index is 1.78. The van der Waals surface area contributed by atoms with Gasteiger partial charge in [0, 0.05) is 28.5 Å². The number of rotatable bonds is 3. The smallest absolute Gasteiger partial charge is 0.306 e. The molecule has 2 aromatic rings. The van der Waals surface area contributed by atoms with E-state index in [-0.39, 0.29) is 12.3 Å². The highest BCUT2D eigenvalue weighted by atomic mass is 79.9. The number of nitrogens with zero attached hydrogens (tertiary/aromatic N) is 1. The summed E-state index contributed by atoms with van der Waals surface area (Å²) in [4.78, 5) is 28.1. The summed E-state index contributed by atoms with van der Waals surface area (Å²) in [6.45, 7) is 1.12. The van der Waals surface area contributed by atoms with Gasteiger partial charge >= 0.3 is 5.97 Å². The van der Waals surface area contributed by atoms with Crippen LogP contribution < -0.4 is 0 Å². The monoisotopic (exact) mass is 366 g/mol. The van der Waals surface area contributed by atoms with E-state index in [1.807, 2.05) is 24.3 Å². The molecule has 1 atom stereocenters. The minimum absolute atomic E-state index is 0.0938. The standard InChI is InChI=1S/C15H15BrN2O4/c16-10-2-1-9-5-13(17-12(9)6-10)15(21)18-3-4-22-11(8-18)7-14(19)20/h1-2,5-6,11,17H,3-4,7-8H2,(H,19,20). The SMILES string of the molecule is O=C(O)CC1CN(C(=O)c2cc3ccc(Br)cc3[nH]2)CCO1. The lowest BCUT2D eigenvalue weighted by molar-refractivity contribution is -0.141. The predicted octanol–water partition coefficient (Wildman–Crippen LogP) is 2.25. The minimum atomic E-state index is -0.922. The number of morpholine rings is 1. The van der Waals surface area contributed by atoms with Crippen molar-refractivity contribution >= 4 is 38.7 Å². The number of carboxylic acids is 1. The maximum Gasteiger partial charge on any atom is 0.306 e. The van der Waals surface area contributed by atoms with Crippen molar-refractivity contribution in [2.75, 3.05) is 19.7 Å². The second-order valence-corrected chi connectivity index (χ2v) is 6.17. The van der Waals surface area contributed by atoms with E-state index < -0.39 is 12.1 Å². The van der Waals surface area contributed by atoms with Gasteiger partial charge in [-0.2, -0.15) is 0 Å². The Morgan fingerprint density at radius 2 is 2.23 bits per heavy atom. The quantitative estimate of drug-likeness (QED) is 0.872. The first-order valence-corrected chi connectivity index (χ1v) is 7.73. The van der Waals surface area contributed by atoms with Gasteiger partial charge in [0.15, 0.2) is 0 Å². The summed E-state index contributed by atoms with van der Waals surface area (Å²) >= 11 is 3.40. The summed E-state index contributed by atoms with van der Waals surface area (Å²) in [5.41, 5.74) is 1.39. The molecule has 1 aromatic carbocycles. The van der Waals surface area contributed by atoms with E-state index in [1.165, 1.54) is 0 Å². The maximum absolute atomic E-state index is 12.6. The molecule has 2 N–H and O–H groups in total. The number of aliphatic carboxylic acids is 1. The zero-order chi connectivity index (χ0) is 15.7. The van der Waals surface area contributed by atoms with Gasteiger partial charge in [-0.25, -0.2) is 0 Å². The Morgan fingerprint density at radius 1 is 1.41 bits per heavy atom. The van der Waals surface area contributed by atoms with Gasteiger partial charge in [-0.1, -0.05) is 22.0 Å². The fourth-order valence-corrected chi connectivity index (χ4v) is 2.97. The largest absolute Gasteiger partial charge is 0.481 e. The van der Waals surface area contributed by atoms with Crippen LogP contribution in [0.1, 0.15) is 16.9 Å². The number of aromatic nitrogens is 1. The average molecular weight is 367 g/mol. The van der Waals surface area contributed by atoms with Crippen LogP contribution in [0, 0.1) is 0 Å². The van der Waals surface area contributed by atoms with Gasteiger partial charge in [0.05, 0.1) is 19.1 Å². The molecule has 0 spiro atoms. The van der Waals surface area contributed by atoms with E-state index in [9.17, 15) is 9.59 Å². The highest BCUT2D eigenvalue weighted by molar-refractivity contribution is 9.10. The number of carboxylic acid groups (broad SMARTS) is 1. The van der Waals surface area contributed by atoms with E-state index >= 15 is 0 Å². The van der Waals surface area contributed by atoms with E-state index in [0.717, 1.165) is 15.4 Å². The van der Waals surface area contributed by atoms with Crippen LogP contribution >= 0.6 is 15.9 Å². The van der Waals surface area contributed by atoms with Crippen molar-refractivity contribution in [2.24, 2.45) is 0 Å². The fourth-order valence-electron chi connectivity index (χ4n) is 2.61. The third-order valence-electron chi connectivity index (χ3n) is 3.64. The molecular weight excluding hydrogens is 352 g/mol. The molecule has 2 heterocycles. The number of ether oxygens (including phenoxy) is 1. The molecule has 0 saturated carbocycles. The normalized spacial score (nSPS) is 18.6. The number of nitrogens with one attached hydrogen (secondary N) is 1. The zero-order valence-corrected chi connectivity index (χ0v) is 13.3. The van der Waals surface area contributed by atoms with E-state index in [2.05, 4.69) is 20.9 Å². The van der Waals surface area contributed by atoms with Gasteiger partial charge in [-0.05, 0) is 18.2 Å². The third-order valence-corrected chi connectivity index (χ3v) is 4.14. The third kappa shape index (κ3) is 3.15. The second-order valence-electron chi connectivity index (χ2n) is 5.26. The number of H-pyrrole nitrogens is 1. The van der Waals surface area contributed by atoms with Crippen molar-refractivity contribution in [3.05, 3.63) is 34.4 Å². The van der Waals surface area contributed by atoms with E-state index in [1.54, 1.807) is 4.90 Å². The molecule has 1 saturated heterocycles. The molecule has 0 aliphatic carbocycles. The Bertz CT molecular complexity index is 727. The van der Waals surface area contributed by atoms with Crippen molar-refractivity contribution in [3.8, 4) is 0 Å². The van der Waals surface area contributed by atoms with Crippen LogP contribution in [0.2, 0.25) is 0 Å². The lowest BCUT2D eigenvalue weighted by Crippen LogP contribution is -2.46. The second kappa shape index (κ2) is 6.10. The summed E-state index contributed by atoms with van der Waals surface area (Å²) < 4.78 is 6.33. The lowest BCUT2D eigenvalue weighted by Gasteiger charge is -2.32. The highest BCUT2D eigenvalue weighted by Crippen LogP contribution is 2.21. The molecule has 1 fully saturated rings. The predicted molar refractivity (Wildman–Crippen MR) is 83.9 cm³/mol. The van der Waals surface area contributed by atoms with Gasteiger partial charge in [-0.3, -0.25) is 9.59 Å². The van der Waals surface area contributed by atoms with Gasteiger partial charge in [-0.15, -0.1) is 0 Å². The molecule has 0 radical (unpaired) electrons. The lowest BCUT2D eigenvalue weighted by atomic mass is 10.2. The minimum Gasteiger partial charge on any atom is -0.481 e. The van der Waals surface area contributed by atoms with Crippen LogP contribution in [0.5, 0.6) is 0 Å². The number of fused-ring (bicyclic) bond motifs is 1. The summed E-state index contributed by atoms with van der Waals surface area (Å²) in [5.74, 6) is -1.05. The number of halogens is 1. The Kier molecular flexibility index (Phi) is 4.17. The van der Waals surface area contributed by atoms with Gasteiger partial charge in [0.25, 0.3) is 5.91 Å². The number of aromatic amines is 1. The first kappa shape index (κ1) is 15.1. The van der Waals surface area contributed by atoms with Crippen LogP contribution in [0.3, 0.4) is 0 Å². The summed E-state index contributed by atoms with van der Waals surface area (Å²) in [5, 5.41) is 9.79. The Hall–Kier alpha value is -1.86. The van der Waals surface area contributed by atoms with Crippen molar-refractivity contribution in [1.29, 1.82) is 0 Å². The van der Waals surface area contributed by atoms with Crippen molar-refractivity contribution < 1.29 is 19.4 Å². The number of carbonyl (C=O) groups is 2. The molecule has 1 unspecified atom stereocenters. The van der Waals surface area contributed by atoms with Crippen LogP contribution in [-0.2, 0) is 9.53 Å². The van der Waals surface area contributed by atoms with Crippen LogP contribution in [0.4, 0.5) is 0 Å². The molecule has 6 nitrogen and oxygen atoms in total. The van der Waals surface area contributed by atoms with Crippen LogP contribution in [0.25, 0.3) is 10.9 Å². The van der Waals surface area contributed by atoms with E-state index in [0.29, 0.717) is 25.4 Å². The summed E-state index contributed by atoms with van der Waals surface area (Å²) in [7, 11) is 0. The van der Waals surface area contributed by atoms with Crippen molar-refractivity contribution in [3.63, 3.8) is 0 Å². The maximum atomic E-state index is 12.6. The number of amides is 1. The van der Waals surface area contributed by atoms with Crippen molar-refractivity contribution in [2.45, 2.75) is 12.5 Å². The summed E-state index contributed by atoms with van der Waals surface area (Å²) in [6.07, 6.45) is -0.544.